The van der Waals surface area contributed by atoms with Crippen molar-refractivity contribution in [2.24, 2.45) is 5.92 Å². The van der Waals surface area contributed by atoms with E-state index in [0.717, 1.165) is 30.9 Å². The van der Waals surface area contributed by atoms with Gasteiger partial charge in [-0.2, -0.15) is 5.10 Å². The van der Waals surface area contributed by atoms with E-state index in [-0.39, 0.29) is 18.3 Å². The highest BCUT2D eigenvalue weighted by molar-refractivity contribution is 6.35. The van der Waals surface area contributed by atoms with E-state index in [1.54, 1.807) is 29.9 Å². The minimum Gasteiger partial charge on any atom is -0.461 e. The first-order chi connectivity index (χ1) is 18.9. The Morgan fingerprint density at radius 3 is 2.56 bits per heavy atom. The second-order valence-corrected chi connectivity index (χ2v) is 11.0. The van der Waals surface area contributed by atoms with Gasteiger partial charge in [0.15, 0.2) is 11.3 Å². The first kappa shape index (κ1) is 29.6. The number of anilines is 1. The van der Waals surface area contributed by atoms with Crippen molar-refractivity contribution in [2.45, 2.75) is 72.4 Å². The molecule has 8 nitrogen and oxygen atoms in total. The molecule has 4 heterocycles. The van der Waals surface area contributed by atoms with Gasteiger partial charge in [0.25, 0.3) is 0 Å². The average molecular weight is 576 g/mol. The fourth-order valence-corrected chi connectivity index (χ4v) is 6.33. The summed E-state index contributed by atoms with van der Waals surface area (Å²) >= 11 is 12.6. The number of fused-ring (bicyclic) bond motifs is 1. The van der Waals surface area contributed by atoms with Gasteiger partial charge < -0.3 is 9.64 Å². The smallest absolute Gasteiger partial charge is 0.361 e. The van der Waals surface area contributed by atoms with E-state index in [4.69, 9.17) is 32.9 Å². The van der Waals surface area contributed by atoms with Crippen LogP contribution in [0.25, 0.3) is 11.2 Å². The highest BCUT2D eigenvalue weighted by Gasteiger charge is 2.32. The number of halogens is 2. The van der Waals surface area contributed by atoms with Crippen LogP contribution in [0.2, 0.25) is 10.0 Å². The Morgan fingerprint density at radius 2 is 1.90 bits per heavy atom. The number of nitrogens with zero attached hydrogens (tertiary/aromatic N) is 6. The molecule has 2 aliphatic rings. The second-order valence-electron chi connectivity index (χ2n) is 10.1. The van der Waals surface area contributed by atoms with Crippen LogP contribution in [0.1, 0.15) is 82.4 Å². The number of piperidine rings is 2. The lowest BCUT2D eigenvalue weighted by atomic mass is 9.91. The summed E-state index contributed by atoms with van der Waals surface area (Å²) in [4.78, 5) is 27.4. The van der Waals surface area contributed by atoms with Crippen LogP contribution in [0.15, 0.2) is 24.4 Å². The van der Waals surface area contributed by atoms with Gasteiger partial charge in [-0.1, -0.05) is 56.5 Å². The van der Waals surface area contributed by atoms with E-state index in [2.05, 4.69) is 26.8 Å². The number of aromatic nitrogens is 4. The van der Waals surface area contributed by atoms with Gasteiger partial charge in [-0.3, -0.25) is 4.90 Å². The molecule has 0 aliphatic carbocycles. The molecule has 2 saturated heterocycles. The van der Waals surface area contributed by atoms with Crippen molar-refractivity contribution in [3.8, 4) is 0 Å². The summed E-state index contributed by atoms with van der Waals surface area (Å²) in [5, 5.41) is 5.71. The molecule has 2 aromatic heterocycles. The predicted molar refractivity (Wildman–Crippen MR) is 158 cm³/mol. The molecule has 0 amide bonds. The van der Waals surface area contributed by atoms with Crippen molar-refractivity contribution in [2.75, 3.05) is 37.7 Å². The molecule has 212 valence electrons. The molecule has 5 rings (SSSR count). The molecular formula is C29H40Cl2N6O2. The molecule has 0 saturated carbocycles. The molecule has 0 N–H and O–H groups in total. The highest BCUT2D eigenvalue weighted by Crippen LogP contribution is 2.32. The molecule has 10 heteroatoms. The molecule has 39 heavy (non-hydrogen) atoms. The van der Waals surface area contributed by atoms with Crippen LogP contribution in [0.4, 0.5) is 5.82 Å². The van der Waals surface area contributed by atoms with Gasteiger partial charge in [-0.25, -0.2) is 19.4 Å². The molecule has 0 spiro atoms. The van der Waals surface area contributed by atoms with Crippen molar-refractivity contribution >= 4 is 46.2 Å². The summed E-state index contributed by atoms with van der Waals surface area (Å²) < 4.78 is 6.98. The van der Waals surface area contributed by atoms with Crippen LogP contribution in [-0.2, 0) is 4.74 Å². The van der Waals surface area contributed by atoms with Gasteiger partial charge >= 0.3 is 5.97 Å². The Balaban J connectivity index is 0.00000172. The molecule has 0 radical (unpaired) electrons. The third kappa shape index (κ3) is 6.34. The standard InChI is InChI=1S/C27H34Cl2N6O2.C2H6/c1-4-37-27(36)25-24-26(35(32-25)18(3)20-9-8-19(28)14-21(20)29)31-23(15-30-24)34-13-10-22(17(2)16-34)33-11-6-5-7-12-33;1-2/h8-9,14-15,17-18,22H,4-7,10-13,16H2,1-3H3;1-2H3. The Morgan fingerprint density at radius 1 is 1.15 bits per heavy atom. The number of esters is 1. The Hall–Kier alpha value is -2.42. The SMILES string of the molecule is CC.CCOC(=O)c1nn(C(C)c2ccc(Cl)cc2Cl)c2nc(N3CCC(N4CCCCC4)C(C)C3)cnc12. The van der Waals surface area contributed by atoms with Gasteiger partial charge in [-0.15, -0.1) is 0 Å². The second kappa shape index (κ2) is 13.3. The zero-order chi connectivity index (χ0) is 28.1. The maximum Gasteiger partial charge on any atom is 0.361 e. The van der Waals surface area contributed by atoms with E-state index in [9.17, 15) is 4.79 Å². The zero-order valence-electron chi connectivity index (χ0n) is 23.7. The quantitative estimate of drug-likeness (QED) is 0.305. The fraction of sp³-hybridized carbons (Fsp3) is 0.586. The van der Waals surface area contributed by atoms with Crippen LogP contribution in [0, 0.1) is 5.92 Å². The zero-order valence-corrected chi connectivity index (χ0v) is 25.2. The molecule has 2 aliphatic heterocycles. The van der Waals surface area contributed by atoms with Gasteiger partial charge in [0.05, 0.1) is 18.8 Å². The number of ether oxygens (including phenoxy) is 1. The van der Waals surface area contributed by atoms with Crippen molar-refractivity contribution in [3.05, 3.63) is 45.7 Å². The monoisotopic (exact) mass is 574 g/mol. The number of hydrogen-bond donors (Lipinski definition) is 0. The van der Waals surface area contributed by atoms with Crippen LogP contribution >= 0.6 is 23.2 Å². The largest absolute Gasteiger partial charge is 0.461 e. The third-order valence-corrected chi connectivity index (χ3v) is 8.24. The number of benzene rings is 1. The normalized spacial score (nSPS) is 20.8. The Kier molecular flexibility index (Phi) is 10.1. The minimum absolute atomic E-state index is 0.157. The van der Waals surface area contributed by atoms with E-state index in [1.807, 2.05) is 26.8 Å². The summed E-state index contributed by atoms with van der Waals surface area (Å²) in [6, 6.07) is 5.68. The molecule has 3 atom stereocenters. The lowest BCUT2D eigenvalue weighted by Gasteiger charge is -2.44. The summed E-state index contributed by atoms with van der Waals surface area (Å²) in [5.74, 6) is 0.803. The topological polar surface area (TPSA) is 76.4 Å². The molecule has 1 aromatic carbocycles. The lowest BCUT2D eigenvalue weighted by molar-refractivity contribution is 0.0520. The lowest BCUT2D eigenvalue weighted by Crippen LogP contribution is -2.51. The molecular weight excluding hydrogens is 535 g/mol. The summed E-state index contributed by atoms with van der Waals surface area (Å²) in [7, 11) is 0. The first-order valence-corrected chi connectivity index (χ1v) is 15.0. The van der Waals surface area contributed by atoms with E-state index in [1.165, 1.54) is 32.4 Å². The van der Waals surface area contributed by atoms with E-state index in [0.29, 0.717) is 33.2 Å². The molecule has 0 bridgehead atoms. The minimum atomic E-state index is -0.515. The molecule has 3 aromatic rings. The van der Waals surface area contributed by atoms with Gasteiger partial charge in [0.1, 0.15) is 11.3 Å². The van der Waals surface area contributed by atoms with Crippen molar-refractivity contribution in [1.82, 2.24) is 24.6 Å². The highest BCUT2D eigenvalue weighted by atomic mass is 35.5. The van der Waals surface area contributed by atoms with Crippen molar-refractivity contribution in [1.29, 1.82) is 0 Å². The summed E-state index contributed by atoms with van der Waals surface area (Å²) in [6.45, 7) is 14.6. The van der Waals surface area contributed by atoms with Crippen molar-refractivity contribution in [3.63, 3.8) is 0 Å². The number of rotatable bonds is 6. The van der Waals surface area contributed by atoms with Gasteiger partial charge in [0.2, 0.25) is 0 Å². The summed E-state index contributed by atoms with van der Waals surface area (Å²) in [5.41, 5.74) is 1.94. The van der Waals surface area contributed by atoms with Gasteiger partial charge in [-0.05, 0) is 69.8 Å². The predicted octanol–water partition coefficient (Wildman–Crippen LogP) is 6.65. The summed E-state index contributed by atoms with van der Waals surface area (Å²) in [6.07, 6.45) is 6.81. The van der Waals surface area contributed by atoms with Gasteiger partial charge in [0, 0.05) is 29.2 Å². The number of carbonyl (C=O) groups is 1. The average Bonchev–Trinajstić information content (AvgIpc) is 3.33. The Bertz CT molecular complexity index is 1280. The maximum atomic E-state index is 12.7. The fourth-order valence-electron chi connectivity index (χ4n) is 5.76. The van der Waals surface area contributed by atoms with Crippen LogP contribution in [0.5, 0.6) is 0 Å². The van der Waals surface area contributed by atoms with Crippen LogP contribution in [0.3, 0.4) is 0 Å². The first-order valence-electron chi connectivity index (χ1n) is 14.2. The molecule has 2 fully saturated rings. The Labute approximate surface area is 241 Å². The number of hydrogen-bond acceptors (Lipinski definition) is 7. The van der Waals surface area contributed by atoms with E-state index >= 15 is 0 Å². The van der Waals surface area contributed by atoms with Crippen LogP contribution in [-0.4, -0.2) is 69.4 Å². The van der Waals surface area contributed by atoms with Crippen LogP contribution < -0.4 is 4.90 Å². The number of likely N-dealkylation sites (tertiary alicyclic amines) is 1. The number of carbonyl (C=O) groups excluding carboxylic acids is 1. The van der Waals surface area contributed by atoms with E-state index < -0.39 is 5.97 Å². The molecule has 3 unspecified atom stereocenters. The third-order valence-electron chi connectivity index (χ3n) is 7.68. The maximum absolute atomic E-state index is 12.7. The van der Waals surface area contributed by atoms with Crippen molar-refractivity contribution < 1.29 is 9.53 Å².